The quantitative estimate of drug-likeness (QED) is 0.814. The Morgan fingerprint density at radius 2 is 1.74 bits per heavy atom. The smallest absolute Gasteiger partial charge is 0.383 e. The second-order valence-corrected chi connectivity index (χ2v) is 5.34. The fourth-order valence-corrected chi connectivity index (χ4v) is 2.49. The predicted octanol–water partition coefficient (Wildman–Crippen LogP) is 3.13. The maximum absolute atomic E-state index is 13.4. The lowest BCUT2D eigenvalue weighted by molar-refractivity contribution is -0.222. The summed E-state index contributed by atoms with van der Waals surface area (Å²) in [4.78, 5) is 13.1. The van der Waals surface area contributed by atoms with E-state index in [-0.39, 0.29) is 25.9 Å². The van der Waals surface area contributed by atoms with Crippen molar-refractivity contribution in [2.45, 2.75) is 25.1 Å². The Balaban J connectivity index is 1.94. The van der Waals surface area contributed by atoms with Crippen molar-refractivity contribution in [3.05, 3.63) is 29.8 Å². The number of hydrogen-bond acceptors (Lipinski definition) is 2. The van der Waals surface area contributed by atoms with Crippen LogP contribution in [-0.4, -0.2) is 41.4 Å². The van der Waals surface area contributed by atoms with Crippen LogP contribution in [0.15, 0.2) is 18.2 Å². The molecule has 9 heteroatoms. The van der Waals surface area contributed by atoms with Gasteiger partial charge in [0.25, 0.3) is 0 Å². The number of nitrogens with one attached hydrogen (secondary N) is 1. The lowest BCUT2D eigenvalue weighted by Gasteiger charge is -2.34. The Morgan fingerprint density at radius 3 is 2.22 bits per heavy atom. The monoisotopic (exact) mass is 338 g/mol. The van der Waals surface area contributed by atoms with Gasteiger partial charge < -0.3 is 15.3 Å². The molecule has 1 saturated heterocycles. The molecule has 128 valence electrons. The van der Waals surface area contributed by atoms with Gasteiger partial charge >= 0.3 is 12.2 Å². The van der Waals surface area contributed by atoms with E-state index in [0.717, 1.165) is 23.1 Å². The fraction of sp³-hybridized carbons (Fsp3) is 0.500. The van der Waals surface area contributed by atoms with Crippen LogP contribution in [-0.2, 0) is 0 Å². The number of alkyl halides is 3. The minimum atomic E-state index is -4.70. The third kappa shape index (κ3) is 4.10. The highest BCUT2D eigenvalue weighted by Gasteiger charge is 2.44. The van der Waals surface area contributed by atoms with Crippen LogP contribution in [0.2, 0.25) is 0 Å². The number of para-hydroxylation sites is 1. The first-order valence-electron chi connectivity index (χ1n) is 6.95. The number of halogens is 5. The zero-order valence-corrected chi connectivity index (χ0v) is 11.9. The molecule has 0 spiro atoms. The molecule has 2 N–H and O–H groups in total. The first-order chi connectivity index (χ1) is 10.7. The van der Waals surface area contributed by atoms with Crippen molar-refractivity contribution in [2.24, 2.45) is 5.92 Å². The predicted molar refractivity (Wildman–Crippen MR) is 71.7 cm³/mol. The molecule has 0 aromatic heterocycles. The number of aliphatic hydroxyl groups excluding tert-OH is 1. The van der Waals surface area contributed by atoms with E-state index in [2.05, 4.69) is 5.32 Å². The van der Waals surface area contributed by atoms with Crippen LogP contribution in [0.3, 0.4) is 0 Å². The molecular formula is C14H15F5N2O2. The molecule has 2 rings (SSSR count). The summed E-state index contributed by atoms with van der Waals surface area (Å²) in [7, 11) is 0. The van der Waals surface area contributed by atoms with Gasteiger partial charge in [0.05, 0.1) is 0 Å². The Morgan fingerprint density at radius 1 is 1.22 bits per heavy atom. The number of nitrogens with zero attached hydrogens (tertiary/aromatic N) is 1. The number of rotatable bonds is 2. The summed E-state index contributed by atoms with van der Waals surface area (Å²) in [5.74, 6) is -2.88. The van der Waals surface area contributed by atoms with Gasteiger partial charge in [0.2, 0.25) is 0 Å². The Kier molecular flexibility index (Phi) is 5.08. The molecule has 1 aromatic carbocycles. The summed E-state index contributed by atoms with van der Waals surface area (Å²) in [6.45, 7) is -0.0839. The number of piperidine rings is 1. The Labute approximate surface area is 128 Å². The van der Waals surface area contributed by atoms with Gasteiger partial charge in [-0.25, -0.2) is 13.6 Å². The van der Waals surface area contributed by atoms with Crippen molar-refractivity contribution >= 4 is 11.7 Å². The van der Waals surface area contributed by atoms with Crippen molar-refractivity contribution in [1.29, 1.82) is 0 Å². The van der Waals surface area contributed by atoms with E-state index in [1.165, 1.54) is 0 Å². The van der Waals surface area contributed by atoms with Crippen LogP contribution in [0.5, 0.6) is 0 Å². The van der Waals surface area contributed by atoms with E-state index in [4.69, 9.17) is 0 Å². The summed E-state index contributed by atoms with van der Waals surface area (Å²) in [5.41, 5.74) is -0.602. The molecule has 23 heavy (non-hydrogen) atoms. The van der Waals surface area contributed by atoms with Crippen molar-refractivity contribution in [1.82, 2.24) is 4.90 Å². The summed E-state index contributed by atoms with van der Waals surface area (Å²) < 4.78 is 64.2. The third-order valence-electron chi connectivity index (χ3n) is 3.80. The molecule has 1 atom stereocenters. The molecule has 1 fully saturated rings. The number of amides is 2. The molecule has 0 bridgehead atoms. The standard InChI is InChI=1S/C14H15F5N2O2/c15-9-2-1-3-10(16)11(9)20-13(23)21-6-4-8(5-7-21)12(22)14(17,18)19/h1-3,8,12,22H,4-7H2,(H,20,23). The molecule has 1 aliphatic heterocycles. The van der Waals surface area contributed by atoms with E-state index >= 15 is 0 Å². The molecular weight excluding hydrogens is 323 g/mol. The number of likely N-dealkylation sites (tertiary alicyclic amines) is 1. The normalized spacial score (nSPS) is 17.9. The van der Waals surface area contributed by atoms with E-state index in [1.807, 2.05) is 0 Å². The average molecular weight is 338 g/mol. The molecule has 1 unspecified atom stereocenters. The maximum Gasteiger partial charge on any atom is 0.414 e. The molecule has 1 aromatic rings. The summed E-state index contributed by atoms with van der Waals surface area (Å²) >= 11 is 0. The molecule has 2 amide bonds. The average Bonchev–Trinajstić information content (AvgIpc) is 2.49. The number of aliphatic hydroxyl groups is 1. The minimum absolute atomic E-state index is 0.0420. The highest BCUT2D eigenvalue weighted by molar-refractivity contribution is 5.89. The number of hydrogen-bond donors (Lipinski definition) is 2. The van der Waals surface area contributed by atoms with Crippen LogP contribution in [0.1, 0.15) is 12.8 Å². The van der Waals surface area contributed by atoms with Crippen LogP contribution < -0.4 is 5.32 Å². The van der Waals surface area contributed by atoms with Gasteiger partial charge in [0.15, 0.2) is 6.10 Å². The number of carbonyl (C=O) groups is 1. The summed E-state index contributed by atoms with van der Waals surface area (Å²) in [6.07, 6.45) is -7.23. The molecule has 4 nitrogen and oxygen atoms in total. The van der Waals surface area contributed by atoms with Gasteiger partial charge in [-0.2, -0.15) is 13.2 Å². The van der Waals surface area contributed by atoms with Gasteiger partial charge in [0.1, 0.15) is 17.3 Å². The van der Waals surface area contributed by atoms with Crippen LogP contribution in [0.25, 0.3) is 0 Å². The van der Waals surface area contributed by atoms with E-state index in [0.29, 0.717) is 0 Å². The largest absolute Gasteiger partial charge is 0.414 e. The van der Waals surface area contributed by atoms with Crippen molar-refractivity contribution < 1.29 is 31.9 Å². The second-order valence-electron chi connectivity index (χ2n) is 5.34. The zero-order chi connectivity index (χ0) is 17.2. The van der Waals surface area contributed by atoms with Crippen molar-refractivity contribution in [3.8, 4) is 0 Å². The van der Waals surface area contributed by atoms with Crippen molar-refractivity contribution in [3.63, 3.8) is 0 Å². The molecule has 1 heterocycles. The van der Waals surface area contributed by atoms with Gasteiger partial charge in [-0.15, -0.1) is 0 Å². The second kappa shape index (κ2) is 6.69. The SMILES string of the molecule is O=C(Nc1c(F)cccc1F)N1CCC(C(O)C(F)(F)F)CC1. The number of carbonyl (C=O) groups excluding carboxylic acids is 1. The molecule has 0 aliphatic carbocycles. The summed E-state index contributed by atoms with van der Waals surface area (Å²) in [6, 6.07) is 2.30. The molecule has 1 aliphatic rings. The Hall–Kier alpha value is -1.90. The van der Waals surface area contributed by atoms with Crippen LogP contribution >= 0.6 is 0 Å². The highest BCUT2D eigenvalue weighted by Crippen LogP contribution is 2.31. The first-order valence-corrected chi connectivity index (χ1v) is 6.95. The lowest BCUT2D eigenvalue weighted by Crippen LogP contribution is -2.46. The lowest BCUT2D eigenvalue weighted by atomic mass is 9.91. The maximum atomic E-state index is 13.4. The van der Waals surface area contributed by atoms with E-state index < -0.39 is 41.6 Å². The number of anilines is 1. The van der Waals surface area contributed by atoms with Gasteiger partial charge in [-0.1, -0.05) is 6.07 Å². The topological polar surface area (TPSA) is 52.6 Å². The summed E-state index contributed by atoms with van der Waals surface area (Å²) in [5, 5.41) is 11.3. The van der Waals surface area contributed by atoms with Gasteiger partial charge in [-0.3, -0.25) is 0 Å². The molecule has 0 saturated carbocycles. The third-order valence-corrected chi connectivity index (χ3v) is 3.80. The first kappa shape index (κ1) is 17.5. The minimum Gasteiger partial charge on any atom is -0.383 e. The highest BCUT2D eigenvalue weighted by atomic mass is 19.4. The number of benzene rings is 1. The van der Waals surface area contributed by atoms with Gasteiger partial charge in [0, 0.05) is 13.1 Å². The molecule has 0 radical (unpaired) electrons. The van der Waals surface area contributed by atoms with E-state index in [1.54, 1.807) is 0 Å². The zero-order valence-electron chi connectivity index (χ0n) is 11.9. The Bertz CT molecular complexity index is 551. The fourth-order valence-electron chi connectivity index (χ4n) is 2.49. The number of urea groups is 1. The van der Waals surface area contributed by atoms with Crippen LogP contribution in [0, 0.1) is 17.6 Å². The van der Waals surface area contributed by atoms with E-state index in [9.17, 15) is 31.9 Å². The van der Waals surface area contributed by atoms with Crippen molar-refractivity contribution in [2.75, 3.05) is 18.4 Å². The van der Waals surface area contributed by atoms with Gasteiger partial charge in [-0.05, 0) is 30.9 Å². The van der Waals surface area contributed by atoms with Crippen LogP contribution in [0.4, 0.5) is 32.4 Å².